The van der Waals surface area contributed by atoms with Crippen molar-refractivity contribution in [1.82, 2.24) is 15.5 Å². The van der Waals surface area contributed by atoms with Crippen LogP contribution in [0.1, 0.15) is 64.6 Å². The Labute approximate surface area is 181 Å². The second-order valence-corrected chi connectivity index (χ2v) is 10.0. The smallest absolute Gasteiger partial charge is 0.169 e. The lowest BCUT2D eigenvalue weighted by Gasteiger charge is -2.47. The van der Waals surface area contributed by atoms with Crippen molar-refractivity contribution in [1.29, 1.82) is 0 Å². The molecule has 0 aliphatic carbocycles. The molecule has 1 aliphatic heterocycles. The van der Waals surface area contributed by atoms with Crippen LogP contribution in [-0.2, 0) is 6.54 Å². The van der Waals surface area contributed by atoms with E-state index in [2.05, 4.69) is 111 Å². The summed E-state index contributed by atoms with van der Waals surface area (Å²) in [5.74, 6) is 0. The maximum Gasteiger partial charge on any atom is 0.169 e. The minimum absolute atomic E-state index is 0.0876. The summed E-state index contributed by atoms with van der Waals surface area (Å²) in [6, 6.07) is 21.8. The molecule has 29 heavy (non-hydrogen) atoms. The average molecular weight is 410 g/mol. The van der Waals surface area contributed by atoms with Gasteiger partial charge in [0.1, 0.15) is 0 Å². The second kappa shape index (κ2) is 8.85. The zero-order valence-electron chi connectivity index (χ0n) is 18.4. The molecule has 2 aromatic rings. The number of thiocarbonyl (C=S) groups is 1. The number of benzene rings is 2. The standard InChI is InChI=1S/C25H35N3S/c1-19(21-14-10-7-11-15-21)28(18-20-12-8-6-9-13-20)23(29)26-22-16-24(2,3)27-25(4,5)17-22/h6-15,19,22,27H,16-18H2,1-5H3,(H,26,29). The molecule has 0 radical (unpaired) electrons. The summed E-state index contributed by atoms with van der Waals surface area (Å²) in [4.78, 5) is 2.32. The maximum atomic E-state index is 5.98. The predicted octanol–water partition coefficient (Wildman–Crippen LogP) is 5.43. The van der Waals surface area contributed by atoms with E-state index >= 15 is 0 Å². The molecule has 0 aromatic heterocycles. The lowest BCUT2D eigenvalue weighted by atomic mass is 9.80. The first-order chi connectivity index (χ1) is 13.7. The Bertz CT molecular complexity index is 785. The molecule has 0 bridgehead atoms. The van der Waals surface area contributed by atoms with E-state index in [9.17, 15) is 0 Å². The van der Waals surface area contributed by atoms with Gasteiger partial charge in [-0.15, -0.1) is 0 Å². The van der Waals surface area contributed by atoms with Crippen LogP contribution in [0.2, 0.25) is 0 Å². The van der Waals surface area contributed by atoms with E-state index in [0.29, 0.717) is 6.04 Å². The molecule has 3 rings (SSSR count). The van der Waals surface area contributed by atoms with Gasteiger partial charge in [-0.2, -0.15) is 0 Å². The Morgan fingerprint density at radius 3 is 2.07 bits per heavy atom. The quantitative estimate of drug-likeness (QED) is 0.644. The fraction of sp³-hybridized carbons (Fsp3) is 0.480. The third-order valence-corrected chi connectivity index (χ3v) is 6.08. The molecule has 2 aromatic carbocycles. The summed E-state index contributed by atoms with van der Waals surface area (Å²) in [5.41, 5.74) is 2.72. The highest BCUT2D eigenvalue weighted by Gasteiger charge is 2.38. The molecule has 1 atom stereocenters. The summed E-state index contributed by atoms with van der Waals surface area (Å²) in [7, 11) is 0. The molecule has 4 heteroatoms. The van der Waals surface area contributed by atoms with Gasteiger partial charge in [-0.25, -0.2) is 0 Å². The van der Waals surface area contributed by atoms with Crippen molar-refractivity contribution in [3.63, 3.8) is 0 Å². The van der Waals surface area contributed by atoms with E-state index in [1.807, 2.05) is 0 Å². The lowest BCUT2D eigenvalue weighted by molar-refractivity contribution is 0.152. The van der Waals surface area contributed by atoms with Crippen molar-refractivity contribution in [3.8, 4) is 0 Å². The Morgan fingerprint density at radius 1 is 1.00 bits per heavy atom. The lowest BCUT2D eigenvalue weighted by Crippen LogP contribution is -2.62. The highest BCUT2D eigenvalue weighted by atomic mass is 32.1. The molecule has 156 valence electrons. The van der Waals surface area contributed by atoms with Crippen LogP contribution >= 0.6 is 12.2 Å². The topological polar surface area (TPSA) is 27.3 Å². The van der Waals surface area contributed by atoms with Crippen molar-refractivity contribution in [2.45, 2.75) is 77.2 Å². The summed E-state index contributed by atoms with van der Waals surface area (Å²) >= 11 is 5.98. The highest BCUT2D eigenvalue weighted by molar-refractivity contribution is 7.80. The molecule has 1 fully saturated rings. The third kappa shape index (κ3) is 6.03. The Hall–Kier alpha value is -1.91. The molecule has 1 unspecified atom stereocenters. The van der Waals surface area contributed by atoms with Gasteiger partial charge < -0.3 is 15.5 Å². The normalized spacial score (nSPS) is 19.3. The molecule has 0 spiro atoms. The van der Waals surface area contributed by atoms with Gasteiger partial charge in [-0.1, -0.05) is 60.7 Å². The predicted molar refractivity (Wildman–Crippen MR) is 127 cm³/mol. The van der Waals surface area contributed by atoms with Gasteiger partial charge in [0.15, 0.2) is 5.11 Å². The molecule has 1 aliphatic rings. The van der Waals surface area contributed by atoms with E-state index in [4.69, 9.17) is 12.2 Å². The monoisotopic (exact) mass is 409 g/mol. The third-order valence-electron chi connectivity index (χ3n) is 5.72. The first-order valence-corrected chi connectivity index (χ1v) is 11.0. The van der Waals surface area contributed by atoms with E-state index < -0.39 is 0 Å². The van der Waals surface area contributed by atoms with Crippen molar-refractivity contribution in [3.05, 3.63) is 71.8 Å². The van der Waals surface area contributed by atoms with Crippen LogP contribution in [0, 0.1) is 0 Å². The zero-order chi connectivity index (χ0) is 21.1. The van der Waals surface area contributed by atoms with Crippen molar-refractivity contribution >= 4 is 17.3 Å². The molecule has 1 saturated heterocycles. The van der Waals surface area contributed by atoms with Gasteiger partial charge in [0.25, 0.3) is 0 Å². The zero-order valence-corrected chi connectivity index (χ0v) is 19.2. The van der Waals surface area contributed by atoms with Crippen LogP contribution in [-0.4, -0.2) is 27.1 Å². The van der Waals surface area contributed by atoms with Gasteiger partial charge in [0.2, 0.25) is 0 Å². The summed E-state index contributed by atoms with van der Waals surface area (Å²) in [5, 5.41) is 8.31. The van der Waals surface area contributed by atoms with Crippen LogP contribution in [0.25, 0.3) is 0 Å². The maximum absolute atomic E-state index is 5.98. The first-order valence-electron chi connectivity index (χ1n) is 10.6. The number of piperidine rings is 1. The fourth-order valence-corrected chi connectivity index (χ4v) is 5.15. The molecule has 1 heterocycles. The van der Waals surface area contributed by atoms with Gasteiger partial charge >= 0.3 is 0 Å². The highest BCUT2D eigenvalue weighted by Crippen LogP contribution is 2.29. The number of nitrogens with zero attached hydrogens (tertiary/aromatic N) is 1. The number of hydrogen-bond donors (Lipinski definition) is 2. The minimum Gasteiger partial charge on any atom is -0.360 e. The number of hydrogen-bond acceptors (Lipinski definition) is 2. The van der Waals surface area contributed by atoms with Crippen LogP contribution < -0.4 is 10.6 Å². The molecular formula is C25H35N3S. The molecule has 2 N–H and O–H groups in total. The van der Waals surface area contributed by atoms with Crippen LogP contribution in [0.3, 0.4) is 0 Å². The van der Waals surface area contributed by atoms with Gasteiger partial charge in [-0.05, 0) is 70.8 Å². The van der Waals surface area contributed by atoms with Crippen LogP contribution in [0.15, 0.2) is 60.7 Å². The van der Waals surface area contributed by atoms with Crippen molar-refractivity contribution in [2.24, 2.45) is 0 Å². The molecule has 0 saturated carbocycles. The summed E-state index contributed by atoms with van der Waals surface area (Å²) < 4.78 is 0. The van der Waals surface area contributed by atoms with Crippen LogP contribution in [0.4, 0.5) is 0 Å². The van der Waals surface area contributed by atoms with Gasteiger partial charge in [0.05, 0.1) is 6.04 Å². The fourth-order valence-electron chi connectivity index (χ4n) is 4.76. The molecule has 0 amide bonds. The second-order valence-electron chi connectivity index (χ2n) is 9.65. The Balaban J connectivity index is 1.80. The molecule has 3 nitrogen and oxygen atoms in total. The summed E-state index contributed by atoms with van der Waals surface area (Å²) in [6.07, 6.45) is 2.10. The molecular weight excluding hydrogens is 374 g/mol. The SMILES string of the molecule is CC(c1ccccc1)N(Cc1ccccc1)C(=S)NC1CC(C)(C)NC(C)(C)C1. The van der Waals surface area contributed by atoms with E-state index in [-0.39, 0.29) is 17.1 Å². The Kier molecular flexibility index (Phi) is 6.65. The van der Waals surface area contributed by atoms with E-state index in [1.165, 1.54) is 11.1 Å². The van der Waals surface area contributed by atoms with Gasteiger partial charge in [0, 0.05) is 23.7 Å². The van der Waals surface area contributed by atoms with Gasteiger partial charge in [-0.3, -0.25) is 0 Å². The van der Waals surface area contributed by atoms with E-state index in [1.54, 1.807) is 0 Å². The minimum atomic E-state index is 0.0876. The largest absolute Gasteiger partial charge is 0.360 e. The summed E-state index contributed by atoms with van der Waals surface area (Å²) in [6.45, 7) is 12.1. The Morgan fingerprint density at radius 2 is 1.52 bits per heavy atom. The average Bonchev–Trinajstić information content (AvgIpc) is 2.64. The van der Waals surface area contributed by atoms with E-state index in [0.717, 1.165) is 24.5 Å². The first kappa shape index (κ1) is 21.8. The number of rotatable bonds is 5. The number of nitrogens with one attached hydrogen (secondary N) is 2. The van der Waals surface area contributed by atoms with Crippen molar-refractivity contribution in [2.75, 3.05) is 0 Å². The van der Waals surface area contributed by atoms with Crippen LogP contribution in [0.5, 0.6) is 0 Å². The van der Waals surface area contributed by atoms with Crippen molar-refractivity contribution < 1.29 is 0 Å².